The maximum absolute atomic E-state index is 11.8. The van der Waals surface area contributed by atoms with Crippen molar-refractivity contribution in [3.05, 3.63) is 54.1 Å². The highest BCUT2D eigenvalue weighted by atomic mass is 16.1. The average Bonchev–Trinajstić information content (AvgIpc) is 3.13. The van der Waals surface area contributed by atoms with Crippen LogP contribution in [0.5, 0.6) is 0 Å². The molecule has 0 saturated carbocycles. The van der Waals surface area contributed by atoms with Gasteiger partial charge in [-0.2, -0.15) is 5.21 Å². The van der Waals surface area contributed by atoms with Gasteiger partial charge in [-0.25, -0.2) is 10.9 Å². The third-order valence-electron chi connectivity index (χ3n) is 3.83. The predicted molar refractivity (Wildman–Crippen MR) is 87.3 cm³/mol. The minimum absolute atomic E-state index is 0.225. The molecule has 0 amide bonds. The van der Waals surface area contributed by atoms with Crippen molar-refractivity contribution in [1.29, 1.82) is 0 Å². The van der Waals surface area contributed by atoms with E-state index in [4.69, 9.17) is 5.84 Å². The Morgan fingerprint density at radius 2 is 1.91 bits per heavy atom. The molecule has 0 saturated heterocycles. The Bertz CT molecular complexity index is 1010. The minimum Gasteiger partial charge on any atom is -0.298 e. The van der Waals surface area contributed by atoms with E-state index in [-0.39, 0.29) is 5.95 Å². The summed E-state index contributed by atoms with van der Waals surface area (Å²) in [5.74, 6) is 6.35. The summed E-state index contributed by atoms with van der Waals surface area (Å²) < 4.78 is 0. The number of carbonyl (C=O) groups is 1. The molecule has 0 bridgehead atoms. The number of hydrogen-bond acceptors (Lipinski definition) is 6. The fraction of sp³-hybridized carbons (Fsp3) is 0. The Hall–Kier alpha value is -3.32. The van der Waals surface area contributed by atoms with E-state index >= 15 is 0 Å². The van der Waals surface area contributed by atoms with Crippen LogP contribution in [-0.2, 0) is 0 Å². The van der Waals surface area contributed by atoms with Gasteiger partial charge in [-0.3, -0.25) is 4.79 Å². The number of anilines is 2. The average molecular weight is 304 g/mol. The molecule has 112 valence electrons. The molecule has 7 nitrogen and oxygen atoms in total. The molecular weight excluding hydrogens is 292 g/mol. The van der Waals surface area contributed by atoms with Gasteiger partial charge in [-0.15, -0.1) is 5.10 Å². The summed E-state index contributed by atoms with van der Waals surface area (Å²) in [6.45, 7) is 0. The first-order valence-electron chi connectivity index (χ1n) is 6.97. The van der Waals surface area contributed by atoms with E-state index in [2.05, 4.69) is 20.6 Å². The molecule has 0 fully saturated rings. The molecule has 7 heteroatoms. The molecule has 3 N–H and O–H groups in total. The number of nitrogens with two attached hydrogens (primary N) is 1. The maximum Gasteiger partial charge on any atom is 0.284 e. The van der Waals surface area contributed by atoms with Crippen molar-refractivity contribution in [1.82, 2.24) is 20.6 Å². The van der Waals surface area contributed by atoms with E-state index in [1.165, 1.54) is 5.01 Å². The molecule has 3 aromatic carbocycles. The number of hydrazine groups is 1. The third kappa shape index (κ3) is 2.02. The molecule has 0 atom stereocenters. The first-order chi connectivity index (χ1) is 11.3. The van der Waals surface area contributed by atoms with Gasteiger partial charge in [0.1, 0.15) is 0 Å². The molecule has 0 aliphatic heterocycles. The Labute approximate surface area is 130 Å². The molecule has 0 aliphatic rings. The summed E-state index contributed by atoms with van der Waals surface area (Å²) in [6.07, 6.45) is 0.859. The number of H-pyrrole nitrogens is 1. The van der Waals surface area contributed by atoms with Crippen molar-refractivity contribution in [2.24, 2.45) is 5.84 Å². The van der Waals surface area contributed by atoms with E-state index in [0.717, 1.165) is 27.8 Å². The summed E-state index contributed by atoms with van der Waals surface area (Å²) in [4.78, 5) is 11.8. The zero-order valence-electron chi connectivity index (χ0n) is 12.0. The summed E-state index contributed by atoms with van der Waals surface area (Å²) in [5, 5.41) is 18.5. The zero-order chi connectivity index (χ0) is 15.8. The van der Waals surface area contributed by atoms with Crippen LogP contribution in [0.15, 0.2) is 48.5 Å². The Kier molecular flexibility index (Phi) is 2.99. The van der Waals surface area contributed by atoms with Gasteiger partial charge in [0.15, 0.2) is 6.29 Å². The van der Waals surface area contributed by atoms with Crippen molar-refractivity contribution in [2.75, 3.05) is 5.01 Å². The van der Waals surface area contributed by atoms with Crippen LogP contribution in [0.1, 0.15) is 10.4 Å². The lowest BCUT2D eigenvalue weighted by molar-refractivity contribution is 0.112. The maximum atomic E-state index is 11.8. The molecule has 0 radical (unpaired) electrons. The number of nitrogens with zero attached hydrogens (tertiary/aromatic N) is 4. The molecule has 1 aromatic heterocycles. The summed E-state index contributed by atoms with van der Waals surface area (Å²) >= 11 is 0. The Morgan fingerprint density at radius 1 is 1.09 bits per heavy atom. The number of aldehydes is 1. The highest BCUT2D eigenvalue weighted by Crippen LogP contribution is 2.34. The van der Waals surface area contributed by atoms with Crippen LogP contribution in [0.2, 0.25) is 0 Å². The van der Waals surface area contributed by atoms with E-state index in [0.29, 0.717) is 11.3 Å². The lowest BCUT2D eigenvalue weighted by Gasteiger charge is -2.18. The number of hydrogen-bond donors (Lipinski definition) is 2. The van der Waals surface area contributed by atoms with E-state index in [9.17, 15) is 4.79 Å². The van der Waals surface area contributed by atoms with Crippen LogP contribution < -0.4 is 10.9 Å². The molecule has 4 rings (SSSR count). The number of fused-ring (bicyclic) bond motifs is 2. The number of benzene rings is 3. The Balaban J connectivity index is 2.10. The summed E-state index contributed by atoms with van der Waals surface area (Å²) in [6, 6.07) is 15.4. The molecule has 4 aromatic rings. The monoisotopic (exact) mass is 304 g/mol. The van der Waals surface area contributed by atoms with E-state index in [1.54, 1.807) is 0 Å². The third-order valence-corrected chi connectivity index (χ3v) is 3.83. The van der Waals surface area contributed by atoms with Crippen molar-refractivity contribution in [3.63, 3.8) is 0 Å². The van der Waals surface area contributed by atoms with E-state index < -0.39 is 0 Å². The summed E-state index contributed by atoms with van der Waals surface area (Å²) in [7, 11) is 0. The quantitative estimate of drug-likeness (QED) is 0.261. The normalized spacial score (nSPS) is 11.0. The van der Waals surface area contributed by atoms with Gasteiger partial charge in [0, 0.05) is 10.9 Å². The highest BCUT2D eigenvalue weighted by molar-refractivity contribution is 6.16. The number of tetrazole rings is 1. The number of nitrogens with one attached hydrogen (secondary N) is 1. The predicted octanol–water partition coefficient (Wildman–Crippen LogP) is 2.33. The SMILES string of the molecule is NN(c1nn[nH]n1)c1cccc2cc3ccccc3c(C=O)c12. The van der Waals surface area contributed by atoms with Crippen LogP contribution in [0.4, 0.5) is 11.6 Å². The molecule has 0 unspecified atom stereocenters. The molecule has 23 heavy (non-hydrogen) atoms. The highest BCUT2D eigenvalue weighted by Gasteiger charge is 2.16. The van der Waals surface area contributed by atoms with Gasteiger partial charge in [0.25, 0.3) is 5.95 Å². The van der Waals surface area contributed by atoms with Crippen LogP contribution in [-0.4, -0.2) is 26.9 Å². The number of aromatic amines is 1. The number of rotatable bonds is 3. The molecule has 1 heterocycles. The van der Waals surface area contributed by atoms with Crippen molar-refractivity contribution < 1.29 is 4.79 Å². The Morgan fingerprint density at radius 3 is 2.70 bits per heavy atom. The van der Waals surface area contributed by atoms with Gasteiger partial charge >= 0.3 is 0 Å². The topological polar surface area (TPSA) is 101 Å². The lowest BCUT2D eigenvalue weighted by atomic mass is 9.96. The molecule has 0 aliphatic carbocycles. The van der Waals surface area contributed by atoms with Gasteiger partial charge in [0.2, 0.25) is 0 Å². The lowest BCUT2D eigenvalue weighted by Crippen LogP contribution is -2.26. The first kappa shape index (κ1) is 13.4. The zero-order valence-corrected chi connectivity index (χ0v) is 12.0. The van der Waals surface area contributed by atoms with Crippen LogP contribution in [0, 0.1) is 0 Å². The van der Waals surface area contributed by atoms with Gasteiger partial charge < -0.3 is 0 Å². The van der Waals surface area contributed by atoms with Crippen molar-refractivity contribution >= 4 is 39.5 Å². The van der Waals surface area contributed by atoms with Crippen LogP contribution in [0.3, 0.4) is 0 Å². The number of aromatic nitrogens is 4. The number of carbonyl (C=O) groups excluding carboxylic acids is 1. The van der Waals surface area contributed by atoms with Crippen molar-refractivity contribution in [3.8, 4) is 0 Å². The minimum atomic E-state index is 0.225. The second-order valence-electron chi connectivity index (χ2n) is 5.09. The van der Waals surface area contributed by atoms with Crippen LogP contribution >= 0.6 is 0 Å². The molecular formula is C16H12N6O. The first-order valence-corrected chi connectivity index (χ1v) is 6.97. The fourth-order valence-electron chi connectivity index (χ4n) is 2.83. The summed E-state index contributed by atoms with van der Waals surface area (Å²) in [5.41, 5.74) is 1.23. The van der Waals surface area contributed by atoms with Gasteiger partial charge in [0.05, 0.1) is 5.69 Å². The van der Waals surface area contributed by atoms with Gasteiger partial charge in [-0.1, -0.05) is 41.5 Å². The standard InChI is InChI=1S/C16H12N6O/c17-22(16-18-20-21-19-16)14-7-3-5-11-8-10-4-1-2-6-12(10)13(9-23)15(11)14/h1-9H,17H2,(H,18,19,20,21). The van der Waals surface area contributed by atoms with Gasteiger partial charge in [-0.05, 0) is 33.5 Å². The van der Waals surface area contributed by atoms with E-state index in [1.807, 2.05) is 48.5 Å². The van der Waals surface area contributed by atoms with Crippen LogP contribution in [0.25, 0.3) is 21.5 Å². The fourth-order valence-corrected chi connectivity index (χ4v) is 2.83. The second-order valence-corrected chi connectivity index (χ2v) is 5.09. The molecule has 0 spiro atoms. The second kappa shape index (κ2) is 5.15. The largest absolute Gasteiger partial charge is 0.298 e. The van der Waals surface area contributed by atoms with Crippen molar-refractivity contribution in [2.45, 2.75) is 0 Å². The smallest absolute Gasteiger partial charge is 0.284 e.